The molecule has 7 nitrogen and oxygen atoms in total. The highest BCUT2D eigenvalue weighted by Gasteiger charge is 2.28. The summed E-state index contributed by atoms with van der Waals surface area (Å²) in [6, 6.07) is 18.9. The lowest BCUT2D eigenvalue weighted by Gasteiger charge is -2.33. The average Bonchev–Trinajstić information content (AvgIpc) is 3.23. The number of carbonyl (C=O) groups is 1. The minimum absolute atomic E-state index is 0.0531. The number of urea groups is 1. The molecule has 2 fully saturated rings. The van der Waals surface area contributed by atoms with Gasteiger partial charge >= 0.3 is 6.03 Å². The van der Waals surface area contributed by atoms with Crippen molar-refractivity contribution in [3.8, 4) is 11.3 Å². The van der Waals surface area contributed by atoms with Gasteiger partial charge in [0, 0.05) is 42.7 Å². The molecule has 3 N–H and O–H groups in total. The Morgan fingerprint density at radius 3 is 2.50 bits per heavy atom. The van der Waals surface area contributed by atoms with Gasteiger partial charge in [-0.2, -0.15) is 0 Å². The second-order valence-corrected chi connectivity index (χ2v) is 8.88. The molecule has 0 spiro atoms. The van der Waals surface area contributed by atoms with Crippen LogP contribution in [-0.2, 0) is 0 Å². The minimum atomic E-state index is 0.0531. The van der Waals surface area contributed by atoms with Crippen LogP contribution in [0.1, 0.15) is 19.8 Å². The van der Waals surface area contributed by atoms with E-state index in [0.29, 0.717) is 11.9 Å². The molecule has 2 unspecified atom stereocenters. The van der Waals surface area contributed by atoms with E-state index in [9.17, 15) is 4.79 Å². The van der Waals surface area contributed by atoms with Crippen LogP contribution in [0.5, 0.6) is 0 Å². The first-order valence-corrected chi connectivity index (χ1v) is 11.5. The van der Waals surface area contributed by atoms with Crippen LogP contribution < -0.4 is 16.0 Å². The van der Waals surface area contributed by atoms with E-state index in [-0.39, 0.29) is 18.1 Å². The molecule has 2 saturated heterocycles. The molecule has 2 aliphatic heterocycles. The summed E-state index contributed by atoms with van der Waals surface area (Å²) in [5.41, 5.74) is 2.95. The molecule has 7 heteroatoms. The zero-order chi connectivity index (χ0) is 21.9. The van der Waals surface area contributed by atoms with Crippen molar-refractivity contribution < 1.29 is 4.79 Å². The van der Waals surface area contributed by atoms with Gasteiger partial charge in [0.25, 0.3) is 0 Å². The second kappa shape index (κ2) is 9.12. The van der Waals surface area contributed by atoms with E-state index in [1.54, 1.807) is 0 Å². The first kappa shape index (κ1) is 20.7. The van der Waals surface area contributed by atoms with E-state index in [0.717, 1.165) is 61.2 Å². The molecule has 2 aliphatic rings. The van der Waals surface area contributed by atoms with Gasteiger partial charge in [0.15, 0.2) is 0 Å². The number of hydrogen-bond acceptors (Lipinski definition) is 5. The van der Waals surface area contributed by atoms with Crippen molar-refractivity contribution in [2.75, 3.05) is 31.5 Å². The summed E-state index contributed by atoms with van der Waals surface area (Å²) < 4.78 is 0. The number of hydrogen-bond donors (Lipinski definition) is 3. The number of piperidine rings is 1. The fraction of sp³-hybridized carbons (Fsp3) is 0.400. The number of para-hydroxylation sites is 1. The minimum Gasteiger partial charge on any atom is -0.351 e. The second-order valence-electron chi connectivity index (χ2n) is 8.88. The van der Waals surface area contributed by atoms with E-state index in [1.807, 2.05) is 41.3 Å². The highest BCUT2D eigenvalue weighted by atomic mass is 16.2. The molecule has 166 valence electrons. The predicted molar refractivity (Wildman–Crippen MR) is 128 cm³/mol. The number of nitrogens with one attached hydrogen (secondary N) is 3. The number of carbonyl (C=O) groups excluding carboxylic acids is 1. The molecule has 3 aromatic rings. The van der Waals surface area contributed by atoms with Gasteiger partial charge in [-0.3, -0.25) is 0 Å². The van der Waals surface area contributed by atoms with Crippen LogP contribution in [-0.4, -0.2) is 59.2 Å². The molecule has 3 heterocycles. The van der Waals surface area contributed by atoms with Crippen molar-refractivity contribution in [1.29, 1.82) is 0 Å². The van der Waals surface area contributed by atoms with Gasteiger partial charge in [0.05, 0.1) is 11.2 Å². The number of likely N-dealkylation sites (tertiary alicyclic amines) is 1. The van der Waals surface area contributed by atoms with Crippen LogP contribution in [0.3, 0.4) is 0 Å². The molecule has 0 aliphatic carbocycles. The SMILES string of the molecule is CC1CNCC1NC(=O)N1CCC(Nc2nc(-c3ccccc3)c3ccccc3n2)CC1. The van der Waals surface area contributed by atoms with E-state index in [4.69, 9.17) is 9.97 Å². The lowest BCUT2D eigenvalue weighted by molar-refractivity contribution is 0.178. The Balaban J connectivity index is 1.26. The fourth-order valence-electron chi connectivity index (χ4n) is 4.62. The highest BCUT2D eigenvalue weighted by molar-refractivity contribution is 5.93. The molecule has 5 rings (SSSR count). The molecule has 0 bridgehead atoms. The molecule has 2 amide bonds. The molecule has 0 radical (unpaired) electrons. The van der Waals surface area contributed by atoms with Gasteiger partial charge < -0.3 is 20.9 Å². The predicted octanol–water partition coefficient (Wildman–Crippen LogP) is 3.49. The van der Waals surface area contributed by atoms with Gasteiger partial charge in [-0.05, 0) is 31.4 Å². The number of amides is 2. The quantitative estimate of drug-likeness (QED) is 0.590. The van der Waals surface area contributed by atoms with Crippen molar-refractivity contribution in [3.05, 3.63) is 54.6 Å². The lowest BCUT2D eigenvalue weighted by atomic mass is 10.0. The summed E-state index contributed by atoms with van der Waals surface area (Å²) >= 11 is 0. The molecule has 2 aromatic carbocycles. The first-order valence-electron chi connectivity index (χ1n) is 11.5. The smallest absolute Gasteiger partial charge is 0.317 e. The van der Waals surface area contributed by atoms with Crippen LogP contribution in [0.4, 0.5) is 10.7 Å². The van der Waals surface area contributed by atoms with Gasteiger partial charge in [-0.1, -0.05) is 55.5 Å². The normalized spacial score (nSPS) is 21.6. The Labute approximate surface area is 188 Å². The topological polar surface area (TPSA) is 82.2 Å². The van der Waals surface area contributed by atoms with E-state index in [2.05, 4.69) is 41.1 Å². The van der Waals surface area contributed by atoms with E-state index >= 15 is 0 Å². The summed E-state index contributed by atoms with van der Waals surface area (Å²) in [5.74, 6) is 1.12. The molecule has 2 atom stereocenters. The highest BCUT2D eigenvalue weighted by Crippen LogP contribution is 2.27. The Hall–Kier alpha value is -3.19. The largest absolute Gasteiger partial charge is 0.351 e. The van der Waals surface area contributed by atoms with E-state index in [1.165, 1.54) is 0 Å². The van der Waals surface area contributed by atoms with Crippen LogP contribution in [0, 0.1) is 5.92 Å². The van der Waals surface area contributed by atoms with Crippen molar-refractivity contribution in [1.82, 2.24) is 25.5 Å². The van der Waals surface area contributed by atoms with Gasteiger partial charge in [-0.15, -0.1) is 0 Å². The number of nitrogens with zero attached hydrogens (tertiary/aromatic N) is 3. The summed E-state index contributed by atoms with van der Waals surface area (Å²) in [6.45, 7) is 5.46. The Morgan fingerprint density at radius 2 is 1.75 bits per heavy atom. The van der Waals surface area contributed by atoms with Crippen LogP contribution >= 0.6 is 0 Å². The van der Waals surface area contributed by atoms with Crippen LogP contribution in [0.15, 0.2) is 54.6 Å². The van der Waals surface area contributed by atoms with Crippen molar-refractivity contribution in [2.45, 2.75) is 31.8 Å². The zero-order valence-corrected chi connectivity index (χ0v) is 18.4. The van der Waals surface area contributed by atoms with Crippen molar-refractivity contribution in [3.63, 3.8) is 0 Å². The van der Waals surface area contributed by atoms with Gasteiger partial charge in [-0.25, -0.2) is 14.8 Å². The molecular formula is C25H30N6O. The molecule has 32 heavy (non-hydrogen) atoms. The van der Waals surface area contributed by atoms with E-state index < -0.39 is 0 Å². The third-order valence-electron chi connectivity index (χ3n) is 6.59. The number of rotatable bonds is 4. The summed E-state index contributed by atoms with van der Waals surface area (Å²) in [5, 5.41) is 11.1. The molecule has 0 saturated carbocycles. The number of fused-ring (bicyclic) bond motifs is 1. The Morgan fingerprint density at radius 1 is 1.00 bits per heavy atom. The van der Waals surface area contributed by atoms with Crippen LogP contribution in [0.2, 0.25) is 0 Å². The number of benzene rings is 2. The molecular weight excluding hydrogens is 400 g/mol. The summed E-state index contributed by atoms with van der Waals surface area (Å²) in [6.07, 6.45) is 1.76. The monoisotopic (exact) mass is 430 g/mol. The number of anilines is 1. The maximum atomic E-state index is 12.7. The zero-order valence-electron chi connectivity index (χ0n) is 18.4. The first-order chi connectivity index (χ1) is 15.7. The summed E-state index contributed by atoms with van der Waals surface area (Å²) in [7, 11) is 0. The molecule has 1 aromatic heterocycles. The maximum absolute atomic E-state index is 12.7. The standard InChI is InChI=1S/C25H30N6O/c1-17-15-26-16-22(17)29-25(32)31-13-11-19(12-14-31)27-24-28-21-10-6-5-9-20(21)23(30-24)18-7-3-2-4-8-18/h2-10,17,19,22,26H,11-16H2,1H3,(H,29,32)(H,27,28,30). The summed E-state index contributed by atoms with van der Waals surface area (Å²) in [4.78, 5) is 24.2. The Kier molecular flexibility index (Phi) is 5.90. The van der Waals surface area contributed by atoms with Crippen LogP contribution in [0.25, 0.3) is 22.2 Å². The van der Waals surface area contributed by atoms with Crippen molar-refractivity contribution >= 4 is 22.9 Å². The van der Waals surface area contributed by atoms with Crippen molar-refractivity contribution in [2.24, 2.45) is 5.92 Å². The lowest BCUT2D eigenvalue weighted by Crippen LogP contribution is -2.51. The fourth-order valence-corrected chi connectivity index (χ4v) is 4.62. The third kappa shape index (κ3) is 4.39. The Bertz CT molecular complexity index is 1080. The number of aromatic nitrogens is 2. The van der Waals surface area contributed by atoms with Gasteiger partial charge in [0.1, 0.15) is 0 Å². The maximum Gasteiger partial charge on any atom is 0.317 e. The third-order valence-corrected chi connectivity index (χ3v) is 6.59. The average molecular weight is 431 g/mol. The van der Waals surface area contributed by atoms with Gasteiger partial charge in [0.2, 0.25) is 5.95 Å².